The molecule has 126 valence electrons. The summed E-state index contributed by atoms with van der Waals surface area (Å²) in [6.07, 6.45) is 1.53. The van der Waals surface area contributed by atoms with E-state index in [2.05, 4.69) is 15.8 Å². The van der Waals surface area contributed by atoms with Crippen molar-refractivity contribution in [2.45, 2.75) is 13.8 Å². The molecule has 0 saturated carbocycles. The van der Waals surface area contributed by atoms with E-state index < -0.39 is 6.03 Å². The Bertz CT molecular complexity index is 687. The number of rotatable bonds is 7. The van der Waals surface area contributed by atoms with Crippen LogP contribution in [0.4, 0.5) is 10.5 Å². The molecule has 0 heterocycles. The molecule has 2 rings (SSSR count). The van der Waals surface area contributed by atoms with Gasteiger partial charge in [-0.2, -0.15) is 5.10 Å². The number of urea groups is 1. The summed E-state index contributed by atoms with van der Waals surface area (Å²) in [6, 6.07) is 14.2. The zero-order valence-electron chi connectivity index (χ0n) is 13.8. The molecule has 0 atom stereocenters. The average Bonchev–Trinajstić information content (AvgIpc) is 2.58. The lowest BCUT2D eigenvalue weighted by Crippen LogP contribution is -2.24. The van der Waals surface area contributed by atoms with E-state index in [1.54, 1.807) is 18.2 Å². The lowest BCUT2D eigenvalue weighted by Gasteiger charge is -2.10. The Hall–Kier alpha value is -3.02. The van der Waals surface area contributed by atoms with Crippen LogP contribution in [0.1, 0.15) is 19.4 Å². The summed E-state index contributed by atoms with van der Waals surface area (Å²) in [5.74, 6) is 1.38. The molecule has 6 nitrogen and oxygen atoms in total. The summed E-state index contributed by atoms with van der Waals surface area (Å²) in [4.78, 5) is 11.8. The minimum Gasteiger partial charge on any atom is -0.494 e. The van der Waals surface area contributed by atoms with Gasteiger partial charge in [-0.15, -0.1) is 0 Å². The summed E-state index contributed by atoms with van der Waals surface area (Å²) >= 11 is 0. The quantitative estimate of drug-likeness (QED) is 0.602. The summed E-state index contributed by atoms with van der Waals surface area (Å²) in [5, 5.41) is 6.63. The van der Waals surface area contributed by atoms with Gasteiger partial charge in [-0.3, -0.25) is 0 Å². The number of hydrazone groups is 1. The van der Waals surface area contributed by atoms with Gasteiger partial charge >= 0.3 is 6.03 Å². The van der Waals surface area contributed by atoms with Crippen LogP contribution in [0.2, 0.25) is 0 Å². The number of ether oxygens (including phenoxy) is 2. The third-order valence-corrected chi connectivity index (χ3v) is 3.00. The number of para-hydroxylation sites is 1. The van der Waals surface area contributed by atoms with Gasteiger partial charge in [0.15, 0.2) is 0 Å². The third kappa shape index (κ3) is 5.31. The van der Waals surface area contributed by atoms with Crippen molar-refractivity contribution in [2.24, 2.45) is 5.10 Å². The Balaban J connectivity index is 1.98. The summed E-state index contributed by atoms with van der Waals surface area (Å²) in [6.45, 7) is 4.93. The summed E-state index contributed by atoms with van der Waals surface area (Å²) < 4.78 is 11.0. The molecule has 2 N–H and O–H groups in total. The van der Waals surface area contributed by atoms with E-state index in [0.717, 1.165) is 11.3 Å². The zero-order valence-corrected chi connectivity index (χ0v) is 13.8. The van der Waals surface area contributed by atoms with E-state index >= 15 is 0 Å². The van der Waals surface area contributed by atoms with Crippen LogP contribution in [-0.4, -0.2) is 25.5 Å². The number of anilines is 1. The summed E-state index contributed by atoms with van der Waals surface area (Å²) in [7, 11) is 0. The SMILES string of the molecule is CCOc1ccc(/C=N/NC(=O)Nc2ccccc2)c(OCC)c1. The van der Waals surface area contributed by atoms with Crippen molar-refractivity contribution in [3.63, 3.8) is 0 Å². The van der Waals surface area contributed by atoms with E-state index in [9.17, 15) is 4.79 Å². The molecule has 2 aromatic rings. The average molecular weight is 327 g/mol. The van der Waals surface area contributed by atoms with Gasteiger partial charge in [0.2, 0.25) is 0 Å². The fourth-order valence-corrected chi connectivity index (χ4v) is 2.00. The van der Waals surface area contributed by atoms with Crippen molar-refractivity contribution in [1.29, 1.82) is 0 Å². The number of hydrogen-bond donors (Lipinski definition) is 2. The number of carbonyl (C=O) groups is 1. The number of amides is 2. The van der Waals surface area contributed by atoms with Crippen LogP contribution in [0.15, 0.2) is 53.6 Å². The van der Waals surface area contributed by atoms with Crippen LogP contribution in [0.25, 0.3) is 0 Å². The second-order valence-electron chi connectivity index (χ2n) is 4.76. The van der Waals surface area contributed by atoms with Crippen LogP contribution >= 0.6 is 0 Å². The maximum atomic E-state index is 11.8. The van der Waals surface area contributed by atoms with Gasteiger partial charge in [-0.25, -0.2) is 10.2 Å². The first kappa shape index (κ1) is 17.3. The number of hydrogen-bond acceptors (Lipinski definition) is 4. The number of nitrogens with one attached hydrogen (secondary N) is 2. The van der Waals surface area contributed by atoms with Gasteiger partial charge in [0.1, 0.15) is 11.5 Å². The molecule has 6 heteroatoms. The first-order valence-electron chi connectivity index (χ1n) is 7.77. The Labute approximate surface area is 141 Å². The molecule has 24 heavy (non-hydrogen) atoms. The molecule has 0 aliphatic heterocycles. The second-order valence-corrected chi connectivity index (χ2v) is 4.76. The summed E-state index contributed by atoms with van der Waals surface area (Å²) in [5.41, 5.74) is 3.87. The van der Waals surface area contributed by atoms with Crippen molar-refractivity contribution in [1.82, 2.24) is 5.43 Å². The largest absolute Gasteiger partial charge is 0.494 e. The van der Waals surface area contributed by atoms with Gasteiger partial charge in [-0.1, -0.05) is 18.2 Å². The molecule has 2 amide bonds. The van der Waals surface area contributed by atoms with E-state index in [1.807, 2.05) is 44.2 Å². The third-order valence-electron chi connectivity index (χ3n) is 3.00. The fraction of sp³-hybridized carbons (Fsp3) is 0.222. The van der Waals surface area contributed by atoms with Crippen LogP contribution in [0.3, 0.4) is 0 Å². The number of nitrogens with zero attached hydrogens (tertiary/aromatic N) is 1. The minimum absolute atomic E-state index is 0.415. The predicted molar refractivity (Wildman–Crippen MR) is 95.0 cm³/mol. The standard InChI is InChI=1S/C18H21N3O3/c1-3-23-16-11-10-14(17(12-16)24-4-2)13-19-21-18(22)20-15-8-6-5-7-9-15/h5-13H,3-4H2,1-2H3,(H2,20,21,22)/b19-13+. The normalized spacial score (nSPS) is 10.4. The maximum absolute atomic E-state index is 11.8. The molecule has 0 unspecified atom stereocenters. The maximum Gasteiger partial charge on any atom is 0.339 e. The van der Waals surface area contributed by atoms with Crippen molar-refractivity contribution in [3.8, 4) is 11.5 Å². The highest BCUT2D eigenvalue weighted by atomic mass is 16.5. The van der Waals surface area contributed by atoms with Crippen LogP contribution < -0.4 is 20.2 Å². The highest BCUT2D eigenvalue weighted by Crippen LogP contribution is 2.23. The van der Waals surface area contributed by atoms with E-state index in [4.69, 9.17) is 9.47 Å². The lowest BCUT2D eigenvalue weighted by molar-refractivity contribution is 0.252. The van der Waals surface area contributed by atoms with Crippen molar-refractivity contribution in [2.75, 3.05) is 18.5 Å². The smallest absolute Gasteiger partial charge is 0.339 e. The van der Waals surface area contributed by atoms with Gasteiger partial charge < -0.3 is 14.8 Å². The molecule has 0 radical (unpaired) electrons. The highest BCUT2D eigenvalue weighted by molar-refractivity contribution is 5.90. The molecule has 0 aliphatic carbocycles. The monoisotopic (exact) mass is 327 g/mol. The predicted octanol–water partition coefficient (Wildman–Crippen LogP) is 3.64. The van der Waals surface area contributed by atoms with Crippen molar-refractivity contribution >= 4 is 17.9 Å². The molecular formula is C18H21N3O3. The molecule has 2 aromatic carbocycles. The van der Waals surface area contributed by atoms with Crippen LogP contribution in [0, 0.1) is 0 Å². The molecule has 0 spiro atoms. The van der Waals surface area contributed by atoms with Gasteiger partial charge in [0.25, 0.3) is 0 Å². The topological polar surface area (TPSA) is 72.0 Å². The van der Waals surface area contributed by atoms with Gasteiger partial charge in [0.05, 0.1) is 19.4 Å². The van der Waals surface area contributed by atoms with E-state index in [1.165, 1.54) is 6.21 Å². The van der Waals surface area contributed by atoms with Crippen LogP contribution in [-0.2, 0) is 0 Å². The highest BCUT2D eigenvalue weighted by Gasteiger charge is 2.04. The Morgan fingerprint density at radius 3 is 2.54 bits per heavy atom. The molecular weight excluding hydrogens is 306 g/mol. The number of benzene rings is 2. The number of carbonyl (C=O) groups excluding carboxylic acids is 1. The second kappa shape index (κ2) is 9.19. The molecule has 0 saturated heterocycles. The van der Waals surface area contributed by atoms with Crippen LogP contribution in [0.5, 0.6) is 11.5 Å². The Morgan fingerprint density at radius 2 is 1.83 bits per heavy atom. The zero-order chi connectivity index (χ0) is 17.2. The van der Waals surface area contributed by atoms with Crippen molar-refractivity contribution in [3.05, 3.63) is 54.1 Å². The Morgan fingerprint density at radius 1 is 1.08 bits per heavy atom. The van der Waals surface area contributed by atoms with Gasteiger partial charge in [0, 0.05) is 17.3 Å². The van der Waals surface area contributed by atoms with Gasteiger partial charge in [-0.05, 0) is 38.1 Å². The van der Waals surface area contributed by atoms with E-state index in [-0.39, 0.29) is 0 Å². The van der Waals surface area contributed by atoms with Crippen molar-refractivity contribution < 1.29 is 14.3 Å². The molecule has 0 bridgehead atoms. The molecule has 0 fully saturated rings. The first-order chi connectivity index (χ1) is 11.7. The molecule has 0 aromatic heterocycles. The Kier molecular flexibility index (Phi) is 6.64. The first-order valence-corrected chi connectivity index (χ1v) is 7.77. The van der Waals surface area contributed by atoms with E-state index in [0.29, 0.717) is 24.7 Å². The molecule has 0 aliphatic rings. The fourth-order valence-electron chi connectivity index (χ4n) is 2.00. The minimum atomic E-state index is -0.415. The lowest BCUT2D eigenvalue weighted by atomic mass is 10.2.